The largest absolute Gasteiger partial charge is 0.370 e. The Kier molecular flexibility index (Phi) is 6.86. The summed E-state index contributed by atoms with van der Waals surface area (Å²) in [5, 5.41) is 6.72. The van der Waals surface area contributed by atoms with E-state index in [2.05, 4.69) is 35.7 Å². The maximum absolute atomic E-state index is 4.53. The Hall–Kier alpha value is -0.900. The summed E-state index contributed by atoms with van der Waals surface area (Å²) in [6.07, 6.45) is 4.42. The number of nitrogens with zero attached hydrogens (tertiary/aromatic N) is 1. The zero-order chi connectivity index (χ0) is 12.5. The van der Waals surface area contributed by atoms with E-state index in [1.807, 2.05) is 30.0 Å². The van der Waals surface area contributed by atoms with E-state index in [1.165, 1.54) is 5.75 Å². The van der Waals surface area contributed by atoms with Crippen LogP contribution in [0.1, 0.15) is 26.7 Å². The zero-order valence-electron chi connectivity index (χ0n) is 11.0. The molecule has 0 aliphatic rings. The van der Waals surface area contributed by atoms with E-state index in [0.29, 0.717) is 6.04 Å². The van der Waals surface area contributed by atoms with Crippen LogP contribution >= 0.6 is 11.8 Å². The monoisotopic (exact) mass is 253 g/mol. The average Bonchev–Trinajstić information content (AvgIpc) is 2.34. The SMILES string of the molecule is CCCNc1cccc(NC(C)CCSC)n1. The molecule has 0 bridgehead atoms. The Morgan fingerprint density at radius 1 is 1.35 bits per heavy atom. The van der Waals surface area contributed by atoms with Gasteiger partial charge in [-0.25, -0.2) is 4.98 Å². The van der Waals surface area contributed by atoms with E-state index in [1.54, 1.807) is 0 Å². The Bertz CT molecular complexity index is 317. The van der Waals surface area contributed by atoms with Gasteiger partial charge in [0.25, 0.3) is 0 Å². The van der Waals surface area contributed by atoms with E-state index >= 15 is 0 Å². The fourth-order valence-electron chi connectivity index (χ4n) is 1.49. The summed E-state index contributed by atoms with van der Waals surface area (Å²) in [6.45, 7) is 5.32. The van der Waals surface area contributed by atoms with E-state index in [9.17, 15) is 0 Å². The number of pyridine rings is 1. The highest BCUT2D eigenvalue weighted by molar-refractivity contribution is 7.98. The Morgan fingerprint density at radius 2 is 2.12 bits per heavy atom. The number of nitrogens with one attached hydrogen (secondary N) is 2. The summed E-state index contributed by atoms with van der Waals surface area (Å²) in [6, 6.07) is 6.53. The van der Waals surface area contributed by atoms with Crippen LogP contribution < -0.4 is 10.6 Å². The molecule has 0 spiro atoms. The molecule has 0 saturated carbocycles. The number of rotatable bonds is 8. The lowest BCUT2D eigenvalue weighted by Gasteiger charge is -2.14. The molecule has 1 heterocycles. The summed E-state index contributed by atoms with van der Waals surface area (Å²) < 4.78 is 0. The predicted octanol–water partition coefficient (Wildman–Crippen LogP) is 3.46. The molecular weight excluding hydrogens is 230 g/mol. The molecule has 4 heteroatoms. The highest BCUT2D eigenvalue weighted by Crippen LogP contribution is 2.12. The van der Waals surface area contributed by atoms with Crippen molar-refractivity contribution in [1.29, 1.82) is 0 Å². The lowest BCUT2D eigenvalue weighted by Crippen LogP contribution is -2.17. The number of anilines is 2. The van der Waals surface area contributed by atoms with Crippen LogP contribution in [-0.2, 0) is 0 Å². The third-order valence-electron chi connectivity index (χ3n) is 2.45. The van der Waals surface area contributed by atoms with Crippen molar-refractivity contribution in [2.24, 2.45) is 0 Å². The summed E-state index contributed by atoms with van der Waals surface area (Å²) in [5.74, 6) is 3.09. The molecule has 17 heavy (non-hydrogen) atoms. The average molecular weight is 253 g/mol. The zero-order valence-corrected chi connectivity index (χ0v) is 11.8. The van der Waals surface area contributed by atoms with Crippen LogP contribution in [0.2, 0.25) is 0 Å². The molecule has 3 nitrogen and oxygen atoms in total. The van der Waals surface area contributed by atoms with Crippen molar-refractivity contribution < 1.29 is 0 Å². The first-order valence-corrected chi connectivity index (χ1v) is 7.62. The second-order valence-corrected chi connectivity index (χ2v) is 5.15. The van der Waals surface area contributed by atoms with Gasteiger partial charge in [-0.1, -0.05) is 13.0 Å². The first kappa shape index (κ1) is 14.2. The van der Waals surface area contributed by atoms with Crippen molar-refractivity contribution >= 4 is 23.4 Å². The second-order valence-electron chi connectivity index (χ2n) is 4.16. The van der Waals surface area contributed by atoms with Crippen molar-refractivity contribution in [3.05, 3.63) is 18.2 Å². The van der Waals surface area contributed by atoms with Crippen LogP contribution in [0.5, 0.6) is 0 Å². The molecule has 1 aromatic rings. The minimum atomic E-state index is 0.469. The van der Waals surface area contributed by atoms with Crippen molar-refractivity contribution in [2.75, 3.05) is 29.2 Å². The molecule has 2 N–H and O–H groups in total. The number of thioether (sulfide) groups is 1. The molecule has 1 atom stereocenters. The third kappa shape index (κ3) is 5.82. The number of hydrogen-bond acceptors (Lipinski definition) is 4. The first-order chi connectivity index (χ1) is 8.26. The van der Waals surface area contributed by atoms with Gasteiger partial charge in [0.05, 0.1) is 0 Å². The van der Waals surface area contributed by atoms with E-state index in [-0.39, 0.29) is 0 Å². The molecule has 0 amide bonds. The topological polar surface area (TPSA) is 37.0 Å². The Balaban J connectivity index is 2.47. The maximum atomic E-state index is 4.53. The van der Waals surface area contributed by atoms with E-state index in [0.717, 1.165) is 31.0 Å². The summed E-state index contributed by atoms with van der Waals surface area (Å²) in [5.41, 5.74) is 0. The van der Waals surface area contributed by atoms with Crippen LogP contribution in [0.4, 0.5) is 11.6 Å². The minimum Gasteiger partial charge on any atom is -0.370 e. The van der Waals surface area contributed by atoms with E-state index < -0.39 is 0 Å². The Morgan fingerprint density at radius 3 is 2.82 bits per heavy atom. The van der Waals surface area contributed by atoms with Crippen molar-refractivity contribution in [3.63, 3.8) is 0 Å². The van der Waals surface area contributed by atoms with Gasteiger partial charge in [0, 0.05) is 12.6 Å². The fourth-order valence-corrected chi connectivity index (χ4v) is 2.08. The van der Waals surface area contributed by atoms with Crippen LogP contribution in [0.25, 0.3) is 0 Å². The van der Waals surface area contributed by atoms with Gasteiger partial charge < -0.3 is 10.6 Å². The number of aromatic nitrogens is 1. The highest BCUT2D eigenvalue weighted by Gasteiger charge is 2.02. The second kappa shape index (κ2) is 8.23. The van der Waals surface area contributed by atoms with Crippen molar-refractivity contribution in [2.45, 2.75) is 32.7 Å². The lowest BCUT2D eigenvalue weighted by atomic mass is 10.2. The van der Waals surface area contributed by atoms with Crippen LogP contribution in [-0.4, -0.2) is 29.6 Å². The Labute approximate surface area is 109 Å². The highest BCUT2D eigenvalue weighted by atomic mass is 32.2. The molecular formula is C13H23N3S. The van der Waals surface area contributed by atoms with Gasteiger partial charge in [-0.05, 0) is 43.9 Å². The van der Waals surface area contributed by atoms with Gasteiger partial charge >= 0.3 is 0 Å². The van der Waals surface area contributed by atoms with Gasteiger partial charge in [-0.2, -0.15) is 11.8 Å². The quantitative estimate of drug-likeness (QED) is 0.744. The van der Waals surface area contributed by atoms with Crippen molar-refractivity contribution in [3.8, 4) is 0 Å². The summed E-state index contributed by atoms with van der Waals surface area (Å²) >= 11 is 1.88. The van der Waals surface area contributed by atoms with Crippen molar-refractivity contribution in [1.82, 2.24) is 4.98 Å². The van der Waals surface area contributed by atoms with Gasteiger partial charge in [0.15, 0.2) is 0 Å². The van der Waals surface area contributed by atoms with Gasteiger partial charge in [-0.3, -0.25) is 0 Å². The molecule has 1 unspecified atom stereocenters. The third-order valence-corrected chi connectivity index (χ3v) is 3.10. The molecule has 0 saturated heterocycles. The maximum Gasteiger partial charge on any atom is 0.128 e. The standard InChI is InChI=1S/C13H23N3S/c1-4-9-14-12-6-5-7-13(16-12)15-11(2)8-10-17-3/h5-7,11H,4,8-10H2,1-3H3,(H2,14,15,16). The van der Waals surface area contributed by atoms with Crippen LogP contribution in [0.3, 0.4) is 0 Å². The lowest BCUT2D eigenvalue weighted by molar-refractivity contribution is 0.767. The molecule has 0 aliphatic heterocycles. The summed E-state index contributed by atoms with van der Waals surface area (Å²) in [4.78, 5) is 4.53. The predicted molar refractivity (Wildman–Crippen MR) is 79.1 cm³/mol. The fraction of sp³-hybridized carbons (Fsp3) is 0.615. The van der Waals surface area contributed by atoms with Crippen LogP contribution in [0, 0.1) is 0 Å². The first-order valence-electron chi connectivity index (χ1n) is 6.22. The number of hydrogen-bond donors (Lipinski definition) is 2. The molecule has 0 fully saturated rings. The summed E-state index contributed by atoms with van der Waals surface area (Å²) in [7, 11) is 0. The van der Waals surface area contributed by atoms with Gasteiger partial charge in [0.2, 0.25) is 0 Å². The van der Waals surface area contributed by atoms with E-state index in [4.69, 9.17) is 0 Å². The smallest absolute Gasteiger partial charge is 0.128 e. The molecule has 0 radical (unpaired) electrons. The minimum absolute atomic E-state index is 0.469. The van der Waals surface area contributed by atoms with Crippen LogP contribution in [0.15, 0.2) is 18.2 Å². The van der Waals surface area contributed by atoms with Gasteiger partial charge in [-0.15, -0.1) is 0 Å². The molecule has 1 rings (SSSR count). The molecule has 0 aliphatic carbocycles. The molecule has 1 aromatic heterocycles. The van der Waals surface area contributed by atoms with Gasteiger partial charge in [0.1, 0.15) is 11.6 Å². The molecule has 0 aromatic carbocycles. The molecule has 96 valence electrons. The normalized spacial score (nSPS) is 12.2.